The third-order valence-corrected chi connectivity index (χ3v) is 6.49. The molecule has 2 aliphatic heterocycles. The Morgan fingerprint density at radius 1 is 1.27 bits per heavy atom. The average molecular weight is 492 g/mol. The molecule has 2 N–H and O–H groups in total. The van der Waals surface area contributed by atoms with Gasteiger partial charge < -0.3 is 15.4 Å². The highest BCUT2D eigenvalue weighted by Gasteiger charge is 2.39. The lowest BCUT2D eigenvalue weighted by Crippen LogP contribution is -2.58. The van der Waals surface area contributed by atoms with Crippen molar-refractivity contribution >= 4 is 41.3 Å². The van der Waals surface area contributed by atoms with E-state index in [1.165, 1.54) is 36.4 Å². The summed E-state index contributed by atoms with van der Waals surface area (Å²) in [5, 5.41) is 9.19. The minimum Gasteiger partial charge on any atom is -0.381 e. The van der Waals surface area contributed by atoms with E-state index < -0.39 is 0 Å². The molecule has 0 saturated carbocycles. The molecule has 0 aliphatic carbocycles. The van der Waals surface area contributed by atoms with Gasteiger partial charge in [0.05, 0.1) is 6.54 Å². The number of nitrogens with one attached hydrogen (secondary N) is 2. The molecule has 3 rings (SSSR count). The largest absolute Gasteiger partial charge is 0.381 e. The molecule has 7 heteroatoms. The van der Waals surface area contributed by atoms with Crippen LogP contribution in [0.4, 0.5) is 0 Å². The zero-order chi connectivity index (χ0) is 17.5. The third kappa shape index (κ3) is 5.56. The number of halogens is 1. The molecule has 2 aliphatic rings. The second kappa shape index (κ2) is 10.8. The molecule has 5 nitrogen and oxygen atoms in total. The Labute approximate surface area is 179 Å². The summed E-state index contributed by atoms with van der Waals surface area (Å²) in [6.07, 6.45) is 4.88. The Bertz CT molecular complexity index is 566. The number of aliphatic imine (C=N–C) groups is 1. The van der Waals surface area contributed by atoms with Crippen molar-refractivity contribution in [1.29, 1.82) is 0 Å². The molecule has 0 aromatic carbocycles. The van der Waals surface area contributed by atoms with Gasteiger partial charge in [-0.15, -0.1) is 35.3 Å². The monoisotopic (exact) mass is 492 g/mol. The number of guanidine groups is 1. The molecule has 0 atom stereocenters. The van der Waals surface area contributed by atoms with Crippen LogP contribution in [0.3, 0.4) is 0 Å². The zero-order valence-corrected chi connectivity index (χ0v) is 19.2. The maximum atomic E-state index is 5.65. The van der Waals surface area contributed by atoms with Crippen molar-refractivity contribution < 1.29 is 4.74 Å². The average Bonchev–Trinajstić information content (AvgIpc) is 3.30. The number of aryl methyl sites for hydroxylation is 1. The lowest BCUT2D eigenvalue weighted by molar-refractivity contribution is -0.0164. The number of thiophene rings is 1. The quantitative estimate of drug-likeness (QED) is 0.363. The summed E-state index contributed by atoms with van der Waals surface area (Å²) in [5.74, 6) is 0.931. The normalized spacial score (nSPS) is 20.6. The molecule has 1 aromatic rings. The topological polar surface area (TPSA) is 48.9 Å². The van der Waals surface area contributed by atoms with Crippen LogP contribution in [0.5, 0.6) is 0 Å². The highest BCUT2D eigenvalue weighted by Crippen LogP contribution is 2.30. The van der Waals surface area contributed by atoms with E-state index >= 15 is 0 Å². The Hall–Kier alpha value is -0.380. The molecule has 2 saturated heterocycles. The molecule has 148 valence electrons. The van der Waals surface area contributed by atoms with Crippen LogP contribution in [-0.4, -0.2) is 55.8 Å². The first kappa shape index (κ1) is 21.9. The standard InChI is InChI=1S/C19H32N4OS.HI/c1-3-20-18(21-14-17-16(2)6-13-25-17)22-15-19(7-11-24-12-8-19)23-9-4-5-10-23;/h6,13H,3-5,7-12,14-15H2,1-2H3,(H2,20,21,22);1H. The Kier molecular flexibility index (Phi) is 9.12. The minimum atomic E-state index is 0. The fourth-order valence-electron chi connectivity index (χ4n) is 3.85. The fraction of sp³-hybridized carbons (Fsp3) is 0.737. The van der Waals surface area contributed by atoms with E-state index in [-0.39, 0.29) is 29.5 Å². The van der Waals surface area contributed by atoms with Gasteiger partial charge in [0.1, 0.15) is 0 Å². The zero-order valence-electron chi connectivity index (χ0n) is 16.1. The van der Waals surface area contributed by atoms with Crippen molar-refractivity contribution in [3.63, 3.8) is 0 Å². The summed E-state index contributed by atoms with van der Waals surface area (Å²) < 4.78 is 5.65. The Morgan fingerprint density at radius 3 is 2.62 bits per heavy atom. The van der Waals surface area contributed by atoms with Crippen LogP contribution in [0.2, 0.25) is 0 Å². The van der Waals surface area contributed by atoms with E-state index in [1.54, 1.807) is 11.3 Å². The predicted molar refractivity (Wildman–Crippen MR) is 121 cm³/mol. The van der Waals surface area contributed by atoms with Gasteiger partial charge in [0, 0.05) is 36.7 Å². The smallest absolute Gasteiger partial charge is 0.191 e. The van der Waals surface area contributed by atoms with Gasteiger partial charge in [-0.1, -0.05) is 0 Å². The molecule has 26 heavy (non-hydrogen) atoms. The van der Waals surface area contributed by atoms with Crippen LogP contribution in [-0.2, 0) is 11.3 Å². The number of hydrogen-bond acceptors (Lipinski definition) is 4. The number of nitrogens with zero attached hydrogens (tertiary/aromatic N) is 2. The molecule has 2 fully saturated rings. The van der Waals surface area contributed by atoms with Gasteiger partial charge in [0.25, 0.3) is 0 Å². The van der Waals surface area contributed by atoms with Crippen LogP contribution in [0.1, 0.15) is 43.0 Å². The van der Waals surface area contributed by atoms with Gasteiger partial charge in [-0.2, -0.15) is 0 Å². The SMILES string of the molecule is CCNC(=NCc1sccc1C)NCC1(N2CCCC2)CCOCC1.I. The van der Waals surface area contributed by atoms with Crippen molar-refractivity contribution in [2.75, 3.05) is 39.4 Å². The summed E-state index contributed by atoms with van der Waals surface area (Å²) in [6, 6.07) is 2.17. The lowest BCUT2D eigenvalue weighted by atomic mass is 9.88. The van der Waals surface area contributed by atoms with Gasteiger partial charge in [-0.3, -0.25) is 4.90 Å². The van der Waals surface area contributed by atoms with E-state index in [2.05, 4.69) is 40.8 Å². The van der Waals surface area contributed by atoms with Gasteiger partial charge in [-0.05, 0) is 69.6 Å². The van der Waals surface area contributed by atoms with Crippen LogP contribution in [0, 0.1) is 6.92 Å². The first-order chi connectivity index (χ1) is 12.2. The number of ether oxygens (including phenoxy) is 1. The third-order valence-electron chi connectivity index (χ3n) is 5.48. The van der Waals surface area contributed by atoms with E-state index in [1.807, 2.05) is 0 Å². The Morgan fingerprint density at radius 2 is 2.00 bits per heavy atom. The molecule has 3 heterocycles. The van der Waals surface area contributed by atoms with Crippen LogP contribution < -0.4 is 10.6 Å². The summed E-state index contributed by atoms with van der Waals surface area (Å²) in [7, 11) is 0. The summed E-state index contributed by atoms with van der Waals surface area (Å²) >= 11 is 1.79. The Balaban J connectivity index is 0.00000243. The summed E-state index contributed by atoms with van der Waals surface area (Å²) in [6.45, 7) is 11.1. The van der Waals surface area contributed by atoms with Gasteiger partial charge in [0.2, 0.25) is 0 Å². The van der Waals surface area contributed by atoms with E-state index in [0.717, 1.165) is 51.6 Å². The maximum absolute atomic E-state index is 5.65. The predicted octanol–water partition coefficient (Wildman–Crippen LogP) is 3.37. The summed E-state index contributed by atoms with van der Waals surface area (Å²) in [5.41, 5.74) is 1.56. The van der Waals surface area contributed by atoms with E-state index in [9.17, 15) is 0 Å². The van der Waals surface area contributed by atoms with Crippen molar-refractivity contribution in [3.8, 4) is 0 Å². The molecule has 1 aromatic heterocycles. The number of rotatable bonds is 6. The number of likely N-dealkylation sites (tertiary alicyclic amines) is 1. The van der Waals surface area contributed by atoms with Gasteiger partial charge in [-0.25, -0.2) is 4.99 Å². The number of hydrogen-bond donors (Lipinski definition) is 2. The maximum Gasteiger partial charge on any atom is 0.191 e. The first-order valence-corrected chi connectivity index (χ1v) is 10.5. The van der Waals surface area contributed by atoms with Crippen molar-refractivity contribution in [1.82, 2.24) is 15.5 Å². The summed E-state index contributed by atoms with van der Waals surface area (Å²) in [4.78, 5) is 8.85. The highest BCUT2D eigenvalue weighted by molar-refractivity contribution is 14.0. The molecular weight excluding hydrogens is 459 g/mol. The van der Waals surface area contributed by atoms with Crippen molar-refractivity contribution in [2.45, 2.75) is 51.6 Å². The molecular formula is C19H33IN4OS. The van der Waals surface area contributed by atoms with Crippen LogP contribution in [0.25, 0.3) is 0 Å². The van der Waals surface area contributed by atoms with E-state index in [0.29, 0.717) is 0 Å². The molecule has 0 spiro atoms. The fourth-order valence-corrected chi connectivity index (χ4v) is 4.68. The van der Waals surface area contributed by atoms with Crippen LogP contribution >= 0.6 is 35.3 Å². The lowest BCUT2D eigenvalue weighted by Gasteiger charge is -2.45. The van der Waals surface area contributed by atoms with Gasteiger partial charge >= 0.3 is 0 Å². The van der Waals surface area contributed by atoms with Crippen molar-refractivity contribution in [3.05, 3.63) is 21.9 Å². The second-order valence-corrected chi connectivity index (χ2v) is 8.11. The molecule has 0 bridgehead atoms. The van der Waals surface area contributed by atoms with Crippen molar-refractivity contribution in [2.24, 2.45) is 4.99 Å². The molecule has 0 unspecified atom stereocenters. The second-order valence-electron chi connectivity index (χ2n) is 7.11. The first-order valence-electron chi connectivity index (χ1n) is 9.61. The minimum absolute atomic E-state index is 0. The van der Waals surface area contributed by atoms with Crippen LogP contribution in [0.15, 0.2) is 16.4 Å². The van der Waals surface area contributed by atoms with Gasteiger partial charge in [0.15, 0.2) is 5.96 Å². The van der Waals surface area contributed by atoms with E-state index in [4.69, 9.17) is 9.73 Å². The highest BCUT2D eigenvalue weighted by atomic mass is 127. The molecule has 0 amide bonds. The molecule has 0 radical (unpaired) electrons.